The van der Waals surface area contributed by atoms with Crippen LogP contribution in [0.1, 0.15) is 51.7 Å². The van der Waals surface area contributed by atoms with E-state index in [1.54, 1.807) is 13.2 Å². The zero-order valence-corrected chi connectivity index (χ0v) is 18.7. The van der Waals surface area contributed by atoms with Gasteiger partial charge in [0.25, 0.3) is 0 Å². The van der Waals surface area contributed by atoms with E-state index in [2.05, 4.69) is 45.7 Å². The van der Waals surface area contributed by atoms with E-state index in [1.807, 2.05) is 0 Å². The number of phenols is 1. The molecule has 0 saturated carbocycles. The molecule has 2 N–H and O–H groups in total. The van der Waals surface area contributed by atoms with Gasteiger partial charge in [0.1, 0.15) is 6.10 Å². The summed E-state index contributed by atoms with van der Waals surface area (Å²) in [6, 6.07) is 4.28. The monoisotopic (exact) mass is 403 g/mol. The molecule has 1 saturated heterocycles. The number of likely N-dealkylation sites (N-methyl/N-ethyl adjacent to an activating group) is 1. The lowest BCUT2D eigenvalue weighted by Gasteiger charge is -2.56. The molecule has 1 aromatic rings. The fourth-order valence-corrected chi connectivity index (χ4v) is 6.50. The van der Waals surface area contributed by atoms with Crippen LogP contribution >= 0.6 is 0 Å². The molecule has 3 aliphatic rings. The topological polar surface area (TPSA) is 62.2 Å². The number of aliphatic hydroxyl groups excluding tert-OH is 1. The van der Waals surface area contributed by atoms with Crippen molar-refractivity contribution >= 4 is 0 Å². The van der Waals surface area contributed by atoms with E-state index in [9.17, 15) is 10.2 Å². The van der Waals surface area contributed by atoms with Crippen molar-refractivity contribution in [1.82, 2.24) is 4.90 Å². The first-order valence-electron chi connectivity index (χ1n) is 11.0. The molecule has 1 aromatic carbocycles. The highest BCUT2D eigenvalue weighted by molar-refractivity contribution is 5.60. The molecule has 1 fully saturated rings. The quantitative estimate of drug-likeness (QED) is 0.790. The van der Waals surface area contributed by atoms with Crippen LogP contribution in [-0.4, -0.2) is 60.7 Å². The summed E-state index contributed by atoms with van der Waals surface area (Å²) in [6.07, 6.45) is 2.45. The third-order valence-corrected chi connectivity index (χ3v) is 7.98. The molecule has 5 nitrogen and oxygen atoms in total. The average Bonchev–Trinajstić information content (AvgIpc) is 2.95. The minimum Gasteiger partial charge on any atom is -0.504 e. The lowest BCUT2D eigenvalue weighted by atomic mass is 9.54. The summed E-state index contributed by atoms with van der Waals surface area (Å²) in [7, 11) is 3.95. The minimum atomic E-state index is -0.437. The highest BCUT2D eigenvalue weighted by Gasteiger charge is 2.61. The third-order valence-electron chi connectivity index (χ3n) is 7.98. The molecule has 4 rings (SSSR count). The lowest BCUT2D eigenvalue weighted by Crippen LogP contribution is -2.62. The Balaban J connectivity index is 1.79. The fraction of sp³-hybridized carbons (Fsp3) is 0.750. The van der Waals surface area contributed by atoms with E-state index in [0.717, 1.165) is 25.8 Å². The number of rotatable bonds is 5. The first-order valence-corrected chi connectivity index (χ1v) is 11.0. The number of benzene rings is 1. The average molecular weight is 404 g/mol. The molecule has 0 radical (unpaired) electrons. The van der Waals surface area contributed by atoms with Crippen molar-refractivity contribution in [3.05, 3.63) is 23.3 Å². The van der Waals surface area contributed by atoms with Crippen molar-refractivity contribution in [3.63, 3.8) is 0 Å². The van der Waals surface area contributed by atoms with Gasteiger partial charge in [0.2, 0.25) is 0 Å². The van der Waals surface area contributed by atoms with Gasteiger partial charge in [-0.05, 0) is 62.7 Å². The first kappa shape index (κ1) is 21.0. The predicted octanol–water partition coefficient (Wildman–Crippen LogP) is 3.35. The molecule has 1 aliphatic carbocycles. The molecule has 2 heterocycles. The van der Waals surface area contributed by atoms with Crippen LogP contribution in [0.3, 0.4) is 0 Å². The fourth-order valence-electron chi connectivity index (χ4n) is 6.50. The summed E-state index contributed by atoms with van der Waals surface area (Å²) in [4.78, 5) is 2.49. The van der Waals surface area contributed by atoms with Crippen molar-refractivity contribution in [2.45, 2.75) is 70.6 Å². The van der Waals surface area contributed by atoms with Crippen molar-refractivity contribution < 1.29 is 19.7 Å². The van der Waals surface area contributed by atoms with E-state index in [4.69, 9.17) is 9.47 Å². The number of hydrogen-bond donors (Lipinski definition) is 2. The number of piperidine rings is 1. The number of likely N-dealkylation sites (tertiary alicyclic amines) is 1. The van der Waals surface area contributed by atoms with Gasteiger partial charge in [-0.1, -0.05) is 26.8 Å². The standard InChI is InChI=1S/C24H37NO4/c1-14-24-9-10-25(5)18(12-15-7-8-19(26)21(29-14)20(15)24)17(24)11-16(13-28-6)22(27)23(2,3)4/h7-8,14,16-18,22,26-27H,9-13H2,1-6H3/t14?,16?,17?,18-,22?,24+/m1/s1. The normalized spacial score (nSPS) is 33.1. The third kappa shape index (κ3) is 3.08. The van der Waals surface area contributed by atoms with Gasteiger partial charge in [0.15, 0.2) is 11.5 Å². The Bertz CT molecular complexity index is 773. The number of methoxy groups -OCH3 is 1. The van der Waals surface area contributed by atoms with Gasteiger partial charge in [0, 0.05) is 30.0 Å². The van der Waals surface area contributed by atoms with Gasteiger partial charge in [-0.25, -0.2) is 0 Å². The van der Waals surface area contributed by atoms with Gasteiger partial charge in [0.05, 0.1) is 12.7 Å². The van der Waals surface area contributed by atoms with Crippen molar-refractivity contribution in [3.8, 4) is 11.5 Å². The Morgan fingerprint density at radius 1 is 1.34 bits per heavy atom. The number of ether oxygens (including phenoxy) is 2. The van der Waals surface area contributed by atoms with Gasteiger partial charge >= 0.3 is 0 Å². The largest absolute Gasteiger partial charge is 0.504 e. The molecular weight excluding hydrogens is 366 g/mol. The maximum atomic E-state index is 11.1. The van der Waals surface area contributed by atoms with Crippen LogP contribution in [-0.2, 0) is 16.6 Å². The highest BCUT2D eigenvalue weighted by atomic mass is 16.5. The molecule has 29 heavy (non-hydrogen) atoms. The zero-order chi connectivity index (χ0) is 21.1. The maximum Gasteiger partial charge on any atom is 0.165 e. The smallest absolute Gasteiger partial charge is 0.165 e. The highest BCUT2D eigenvalue weighted by Crippen LogP contribution is 2.61. The number of phenolic OH excluding ortho intramolecular Hbond substituents is 1. The van der Waals surface area contributed by atoms with Crippen molar-refractivity contribution in [2.75, 3.05) is 27.3 Å². The second-order valence-electron chi connectivity index (χ2n) is 10.6. The summed E-state index contributed by atoms with van der Waals surface area (Å²) in [6.45, 7) is 10.0. The summed E-state index contributed by atoms with van der Waals surface area (Å²) >= 11 is 0. The Morgan fingerprint density at radius 2 is 2.07 bits per heavy atom. The molecule has 2 bridgehead atoms. The summed E-state index contributed by atoms with van der Waals surface area (Å²) < 4.78 is 11.9. The summed E-state index contributed by atoms with van der Waals surface area (Å²) in [5, 5.41) is 21.7. The van der Waals surface area contributed by atoms with E-state index < -0.39 is 6.10 Å². The maximum absolute atomic E-state index is 11.1. The first-order chi connectivity index (χ1) is 13.6. The van der Waals surface area contributed by atoms with E-state index in [1.165, 1.54) is 11.1 Å². The van der Waals surface area contributed by atoms with Crippen LogP contribution in [0, 0.1) is 17.3 Å². The molecule has 0 amide bonds. The number of nitrogens with zero attached hydrogens (tertiary/aromatic N) is 1. The number of hydrogen-bond acceptors (Lipinski definition) is 5. The minimum absolute atomic E-state index is 0.0148. The summed E-state index contributed by atoms with van der Waals surface area (Å²) in [5.74, 6) is 1.37. The van der Waals surface area contributed by atoms with E-state index >= 15 is 0 Å². The van der Waals surface area contributed by atoms with Crippen molar-refractivity contribution in [1.29, 1.82) is 0 Å². The van der Waals surface area contributed by atoms with Gasteiger partial charge < -0.3 is 24.6 Å². The lowest BCUT2D eigenvalue weighted by molar-refractivity contribution is -0.0648. The van der Waals surface area contributed by atoms with Gasteiger partial charge in [-0.15, -0.1) is 0 Å². The van der Waals surface area contributed by atoms with Crippen LogP contribution in [0.15, 0.2) is 12.1 Å². The zero-order valence-electron chi connectivity index (χ0n) is 18.7. The molecule has 5 heteroatoms. The second kappa shape index (κ2) is 7.14. The SMILES string of the molecule is COCC(CC1[C@H]2Cc3ccc(O)c4c3[C@@]1(CCN2C)C(C)O4)C(O)C(C)(C)C. The van der Waals surface area contributed by atoms with Crippen LogP contribution < -0.4 is 4.74 Å². The van der Waals surface area contributed by atoms with Gasteiger partial charge in [-0.2, -0.15) is 0 Å². The molecule has 1 spiro atoms. The molecule has 6 atom stereocenters. The van der Waals surface area contributed by atoms with Crippen LogP contribution in [0.5, 0.6) is 11.5 Å². The molecule has 4 unspecified atom stereocenters. The van der Waals surface area contributed by atoms with Crippen LogP contribution in [0.4, 0.5) is 0 Å². The molecule has 2 aliphatic heterocycles. The van der Waals surface area contributed by atoms with Gasteiger partial charge in [-0.3, -0.25) is 0 Å². The van der Waals surface area contributed by atoms with Crippen LogP contribution in [0.2, 0.25) is 0 Å². The Kier molecular flexibility index (Phi) is 5.16. The Hall–Kier alpha value is -1.30. The summed E-state index contributed by atoms with van der Waals surface area (Å²) in [5.41, 5.74) is 2.24. The number of fused-ring (bicyclic) bond motifs is 1. The predicted molar refractivity (Wildman–Crippen MR) is 114 cm³/mol. The van der Waals surface area contributed by atoms with E-state index in [-0.39, 0.29) is 28.6 Å². The number of aliphatic hydroxyl groups is 1. The Labute approximate surface area is 175 Å². The second-order valence-corrected chi connectivity index (χ2v) is 10.6. The molecular formula is C24H37NO4. The van der Waals surface area contributed by atoms with E-state index in [0.29, 0.717) is 24.3 Å². The molecule has 0 aromatic heterocycles. The van der Waals surface area contributed by atoms with Crippen LogP contribution in [0.25, 0.3) is 0 Å². The Morgan fingerprint density at radius 3 is 2.72 bits per heavy atom. The molecule has 162 valence electrons. The van der Waals surface area contributed by atoms with Crippen molar-refractivity contribution in [2.24, 2.45) is 17.3 Å². The number of aromatic hydroxyl groups is 1.